The van der Waals surface area contributed by atoms with Crippen LogP contribution in [0.3, 0.4) is 0 Å². The summed E-state index contributed by atoms with van der Waals surface area (Å²) >= 11 is 0. The maximum Gasteiger partial charge on any atom is 0.135 e. The predicted octanol–water partition coefficient (Wildman–Crippen LogP) is 4.44. The van der Waals surface area contributed by atoms with E-state index in [4.69, 9.17) is 0 Å². The predicted molar refractivity (Wildman–Crippen MR) is 89.2 cm³/mol. The third-order valence-corrected chi connectivity index (χ3v) is 3.62. The van der Waals surface area contributed by atoms with Crippen molar-refractivity contribution in [1.29, 1.82) is 0 Å². The van der Waals surface area contributed by atoms with E-state index in [-0.39, 0.29) is 0 Å². The van der Waals surface area contributed by atoms with E-state index >= 15 is 0 Å². The number of nitrogens with zero attached hydrogens (tertiary/aromatic N) is 2. The molecule has 0 bridgehead atoms. The first-order valence-corrected chi connectivity index (χ1v) is 7.60. The number of aryl methyl sites for hydroxylation is 1. The van der Waals surface area contributed by atoms with Gasteiger partial charge in [-0.05, 0) is 37.5 Å². The Morgan fingerprint density at radius 1 is 1.05 bits per heavy atom. The summed E-state index contributed by atoms with van der Waals surface area (Å²) in [4.78, 5) is 8.54. The Labute approximate surface area is 127 Å². The number of anilines is 3. The van der Waals surface area contributed by atoms with Crippen LogP contribution in [0.15, 0.2) is 30.6 Å². The first-order valence-electron chi connectivity index (χ1n) is 7.60. The molecule has 112 valence electrons. The summed E-state index contributed by atoms with van der Waals surface area (Å²) in [7, 11) is 0. The Hall–Kier alpha value is -2.10. The molecule has 2 N–H and O–H groups in total. The molecule has 4 heteroatoms. The summed E-state index contributed by atoms with van der Waals surface area (Å²) in [6, 6.07) is 8.18. The van der Waals surface area contributed by atoms with Crippen molar-refractivity contribution in [2.45, 2.75) is 40.0 Å². The largest absolute Gasteiger partial charge is 0.370 e. The summed E-state index contributed by atoms with van der Waals surface area (Å²) in [5, 5.41) is 6.70. The van der Waals surface area contributed by atoms with Crippen LogP contribution in [0.5, 0.6) is 0 Å². The lowest BCUT2D eigenvalue weighted by atomic mass is 10.1. The number of nitrogens with one attached hydrogen (secondary N) is 2. The van der Waals surface area contributed by atoms with Crippen molar-refractivity contribution in [2.75, 3.05) is 17.2 Å². The van der Waals surface area contributed by atoms with Gasteiger partial charge in [0.2, 0.25) is 0 Å². The minimum atomic E-state index is 0.816. The lowest BCUT2D eigenvalue weighted by Crippen LogP contribution is -2.05. The minimum absolute atomic E-state index is 0.816. The zero-order valence-electron chi connectivity index (χ0n) is 13.1. The van der Waals surface area contributed by atoms with Crippen LogP contribution in [0.2, 0.25) is 0 Å². The Kier molecular flexibility index (Phi) is 5.55. The molecule has 0 atom stereocenters. The van der Waals surface area contributed by atoms with Gasteiger partial charge in [0.05, 0.1) is 0 Å². The number of hydrogen-bond acceptors (Lipinski definition) is 4. The van der Waals surface area contributed by atoms with E-state index in [2.05, 4.69) is 59.6 Å². The highest BCUT2D eigenvalue weighted by atomic mass is 15.1. The van der Waals surface area contributed by atoms with Crippen LogP contribution in [0, 0.1) is 13.8 Å². The van der Waals surface area contributed by atoms with Crippen molar-refractivity contribution in [3.8, 4) is 0 Å². The molecule has 0 fully saturated rings. The van der Waals surface area contributed by atoms with Gasteiger partial charge in [-0.15, -0.1) is 0 Å². The summed E-state index contributed by atoms with van der Waals surface area (Å²) < 4.78 is 0. The molecular formula is C17H24N4. The number of unbranched alkanes of at least 4 members (excludes halogenated alkanes) is 2. The minimum Gasteiger partial charge on any atom is -0.370 e. The van der Waals surface area contributed by atoms with Gasteiger partial charge in [-0.3, -0.25) is 0 Å². The van der Waals surface area contributed by atoms with Crippen LogP contribution in [-0.4, -0.2) is 16.5 Å². The average molecular weight is 284 g/mol. The van der Waals surface area contributed by atoms with Gasteiger partial charge in [-0.2, -0.15) is 0 Å². The summed E-state index contributed by atoms with van der Waals surface area (Å²) in [6.45, 7) is 7.38. The maximum absolute atomic E-state index is 4.29. The zero-order valence-corrected chi connectivity index (χ0v) is 13.1. The van der Waals surface area contributed by atoms with E-state index in [0.29, 0.717) is 0 Å². The fourth-order valence-corrected chi connectivity index (χ4v) is 2.14. The standard InChI is InChI=1S/C17H24N4/c1-4-5-6-10-18-16-11-17(20-12-19-16)21-15-9-7-8-13(2)14(15)3/h7-9,11-12H,4-6,10H2,1-3H3,(H2,18,19,20,21). The molecule has 0 aliphatic rings. The van der Waals surface area contributed by atoms with Gasteiger partial charge in [-0.25, -0.2) is 9.97 Å². The van der Waals surface area contributed by atoms with Gasteiger partial charge < -0.3 is 10.6 Å². The highest BCUT2D eigenvalue weighted by molar-refractivity contribution is 5.63. The molecule has 0 aliphatic carbocycles. The molecule has 1 aromatic heterocycles. The second kappa shape index (κ2) is 7.62. The second-order valence-electron chi connectivity index (χ2n) is 5.29. The molecule has 2 rings (SSSR count). The molecule has 1 heterocycles. The van der Waals surface area contributed by atoms with Crippen molar-refractivity contribution < 1.29 is 0 Å². The molecule has 2 aromatic rings. The average Bonchev–Trinajstić information content (AvgIpc) is 2.49. The number of aromatic nitrogens is 2. The van der Waals surface area contributed by atoms with Gasteiger partial charge >= 0.3 is 0 Å². The van der Waals surface area contributed by atoms with E-state index in [9.17, 15) is 0 Å². The van der Waals surface area contributed by atoms with Crippen molar-refractivity contribution in [2.24, 2.45) is 0 Å². The topological polar surface area (TPSA) is 49.8 Å². The smallest absolute Gasteiger partial charge is 0.135 e. The van der Waals surface area contributed by atoms with Crippen LogP contribution >= 0.6 is 0 Å². The zero-order chi connectivity index (χ0) is 15.1. The van der Waals surface area contributed by atoms with Crippen LogP contribution in [-0.2, 0) is 0 Å². The van der Waals surface area contributed by atoms with Crippen molar-refractivity contribution in [3.05, 3.63) is 41.7 Å². The van der Waals surface area contributed by atoms with E-state index < -0.39 is 0 Å². The fourth-order valence-electron chi connectivity index (χ4n) is 2.14. The molecule has 0 saturated carbocycles. The summed E-state index contributed by atoms with van der Waals surface area (Å²) in [5.41, 5.74) is 3.60. The lowest BCUT2D eigenvalue weighted by Gasteiger charge is -2.11. The molecule has 0 unspecified atom stereocenters. The molecule has 21 heavy (non-hydrogen) atoms. The highest BCUT2D eigenvalue weighted by Gasteiger charge is 2.03. The molecule has 1 aromatic carbocycles. The van der Waals surface area contributed by atoms with Gasteiger partial charge in [0.25, 0.3) is 0 Å². The van der Waals surface area contributed by atoms with Crippen molar-refractivity contribution in [1.82, 2.24) is 9.97 Å². The number of hydrogen-bond donors (Lipinski definition) is 2. The van der Waals surface area contributed by atoms with Crippen LogP contribution < -0.4 is 10.6 Å². The van der Waals surface area contributed by atoms with E-state index in [1.165, 1.54) is 30.4 Å². The SMILES string of the molecule is CCCCCNc1cc(Nc2cccc(C)c2C)ncn1. The van der Waals surface area contributed by atoms with E-state index in [1.807, 2.05) is 6.07 Å². The van der Waals surface area contributed by atoms with Gasteiger partial charge in [0, 0.05) is 18.3 Å². The Bertz CT molecular complexity index is 581. The van der Waals surface area contributed by atoms with E-state index in [1.54, 1.807) is 6.33 Å². The van der Waals surface area contributed by atoms with E-state index in [0.717, 1.165) is 23.9 Å². The first-order chi connectivity index (χ1) is 10.2. The van der Waals surface area contributed by atoms with Crippen LogP contribution in [0.1, 0.15) is 37.3 Å². The van der Waals surface area contributed by atoms with Crippen molar-refractivity contribution >= 4 is 17.3 Å². The number of rotatable bonds is 7. The van der Waals surface area contributed by atoms with Gasteiger partial charge in [0.1, 0.15) is 18.0 Å². The number of benzene rings is 1. The molecular weight excluding hydrogens is 260 g/mol. The Morgan fingerprint density at radius 2 is 1.86 bits per heavy atom. The molecule has 0 spiro atoms. The fraction of sp³-hybridized carbons (Fsp3) is 0.412. The Balaban J connectivity index is 2.02. The normalized spacial score (nSPS) is 10.4. The Morgan fingerprint density at radius 3 is 2.67 bits per heavy atom. The maximum atomic E-state index is 4.29. The lowest BCUT2D eigenvalue weighted by molar-refractivity contribution is 0.742. The molecule has 0 radical (unpaired) electrons. The first kappa shape index (κ1) is 15.3. The van der Waals surface area contributed by atoms with Crippen LogP contribution in [0.25, 0.3) is 0 Å². The molecule has 0 saturated heterocycles. The third kappa shape index (κ3) is 4.45. The van der Waals surface area contributed by atoms with Crippen LogP contribution in [0.4, 0.5) is 17.3 Å². The van der Waals surface area contributed by atoms with Gasteiger partial charge in [0.15, 0.2) is 0 Å². The summed E-state index contributed by atoms with van der Waals surface area (Å²) in [6.07, 6.45) is 5.23. The second-order valence-corrected chi connectivity index (χ2v) is 5.29. The molecule has 0 aliphatic heterocycles. The third-order valence-electron chi connectivity index (χ3n) is 3.62. The quantitative estimate of drug-likeness (QED) is 0.738. The molecule has 4 nitrogen and oxygen atoms in total. The van der Waals surface area contributed by atoms with Crippen molar-refractivity contribution in [3.63, 3.8) is 0 Å². The summed E-state index contributed by atoms with van der Waals surface area (Å²) in [5.74, 6) is 1.69. The monoisotopic (exact) mass is 284 g/mol. The highest BCUT2D eigenvalue weighted by Crippen LogP contribution is 2.22. The van der Waals surface area contributed by atoms with Gasteiger partial charge in [-0.1, -0.05) is 31.9 Å². The molecule has 0 amide bonds.